The predicted molar refractivity (Wildman–Crippen MR) is 60.2 cm³/mol. The molecule has 1 unspecified atom stereocenters. The van der Waals surface area contributed by atoms with Crippen LogP contribution >= 0.6 is 0 Å². The fraction of sp³-hybridized carbons (Fsp3) is 0.250. The summed E-state index contributed by atoms with van der Waals surface area (Å²) in [6.45, 7) is 1.55. The molecule has 17 heavy (non-hydrogen) atoms. The van der Waals surface area contributed by atoms with E-state index in [9.17, 15) is 14.4 Å². The molecular formula is C12H12N2O3. The molecule has 0 aliphatic carbocycles. The summed E-state index contributed by atoms with van der Waals surface area (Å²) in [5, 5.41) is 0. The van der Waals surface area contributed by atoms with Gasteiger partial charge in [-0.15, -0.1) is 0 Å². The van der Waals surface area contributed by atoms with Crippen molar-refractivity contribution in [2.75, 3.05) is 7.05 Å². The lowest BCUT2D eigenvalue weighted by atomic mass is 10.2. The van der Waals surface area contributed by atoms with Crippen molar-refractivity contribution in [3.8, 4) is 0 Å². The highest BCUT2D eigenvalue weighted by atomic mass is 16.2. The van der Waals surface area contributed by atoms with Crippen molar-refractivity contribution in [3.05, 3.63) is 35.9 Å². The molecule has 1 saturated heterocycles. The summed E-state index contributed by atoms with van der Waals surface area (Å²) in [4.78, 5) is 37.4. The molecule has 1 aliphatic rings. The Hall–Kier alpha value is -2.17. The van der Waals surface area contributed by atoms with E-state index in [1.54, 1.807) is 37.3 Å². The lowest BCUT2D eigenvalue weighted by Gasteiger charge is -2.16. The summed E-state index contributed by atoms with van der Waals surface area (Å²) in [5.41, 5.74) is 0.399. The Morgan fingerprint density at radius 3 is 2.24 bits per heavy atom. The molecule has 0 spiro atoms. The molecule has 5 nitrogen and oxygen atoms in total. The van der Waals surface area contributed by atoms with E-state index in [-0.39, 0.29) is 5.91 Å². The number of benzene rings is 1. The molecule has 1 fully saturated rings. The van der Waals surface area contributed by atoms with E-state index in [4.69, 9.17) is 0 Å². The van der Waals surface area contributed by atoms with Gasteiger partial charge < -0.3 is 0 Å². The second-order valence-electron chi connectivity index (χ2n) is 3.90. The number of hydrogen-bond acceptors (Lipinski definition) is 3. The van der Waals surface area contributed by atoms with Crippen LogP contribution in [0, 0.1) is 0 Å². The largest absolute Gasteiger partial charge is 0.334 e. The van der Waals surface area contributed by atoms with Gasteiger partial charge in [-0.1, -0.05) is 18.2 Å². The quantitative estimate of drug-likeness (QED) is 0.681. The van der Waals surface area contributed by atoms with Crippen LogP contribution in [-0.4, -0.2) is 40.7 Å². The number of carbonyl (C=O) groups is 3. The van der Waals surface area contributed by atoms with Crippen LogP contribution in [0.3, 0.4) is 0 Å². The fourth-order valence-corrected chi connectivity index (χ4v) is 1.79. The molecule has 4 amide bonds. The van der Waals surface area contributed by atoms with Gasteiger partial charge in [-0.05, 0) is 19.1 Å². The lowest BCUT2D eigenvalue weighted by molar-refractivity contribution is -0.126. The summed E-state index contributed by atoms with van der Waals surface area (Å²) in [7, 11) is 1.37. The number of carbonyl (C=O) groups excluding carboxylic acids is 3. The molecule has 0 radical (unpaired) electrons. The van der Waals surface area contributed by atoms with E-state index in [0.29, 0.717) is 5.56 Å². The molecule has 88 valence electrons. The van der Waals surface area contributed by atoms with Crippen LogP contribution in [-0.2, 0) is 4.79 Å². The Labute approximate surface area is 98.6 Å². The highest BCUT2D eigenvalue weighted by molar-refractivity contribution is 6.15. The van der Waals surface area contributed by atoms with Crippen LogP contribution in [0.1, 0.15) is 17.3 Å². The second kappa shape index (κ2) is 4.01. The maximum absolute atomic E-state index is 12.1. The van der Waals surface area contributed by atoms with Crippen LogP contribution in [0.25, 0.3) is 0 Å². The first-order chi connectivity index (χ1) is 8.04. The van der Waals surface area contributed by atoms with Crippen molar-refractivity contribution in [3.63, 3.8) is 0 Å². The third kappa shape index (κ3) is 1.69. The van der Waals surface area contributed by atoms with Gasteiger partial charge in [-0.3, -0.25) is 14.5 Å². The van der Waals surface area contributed by atoms with Crippen LogP contribution in [0.4, 0.5) is 4.79 Å². The van der Waals surface area contributed by atoms with Gasteiger partial charge in [0.15, 0.2) is 0 Å². The van der Waals surface area contributed by atoms with E-state index >= 15 is 0 Å². The van der Waals surface area contributed by atoms with Crippen LogP contribution < -0.4 is 0 Å². The molecule has 0 aromatic heterocycles. The number of amides is 4. The minimum atomic E-state index is -0.736. The standard InChI is InChI=1S/C12H12N2O3/c1-8-10(15)13(2)12(17)14(8)11(16)9-6-4-3-5-7-9/h3-8H,1-2H3. The first kappa shape index (κ1) is 11.3. The molecule has 0 saturated carbocycles. The zero-order chi connectivity index (χ0) is 12.6. The van der Waals surface area contributed by atoms with Crippen molar-refractivity contribution >= 4 is 17.8 Å². The van der Waals surface area contributed by atoms with Gasteiger partial charge in [-0.25, -0.2) is 9.69 Å². The smallest absolute Gasteiger partial charge is 0.272 e. The van der Waals surface area contributed by atoms with E-state index < -0.39 is 18.0 Å². The van der Waals surface area contributed by atoms with Crippen molar-refractivity contribution < 1.29 is 14.4 Å². The van der Waals surface area contributed by atoms with Crippen molar-refractivity contribution in [2.45, 2.75) is 13.0 Å². The van der Waals surface area contributed by atoms with E-state index in [2.05, 4.69) is 0 Å². The highest BCUT2D eigenvalue weighted by Gasteiger charge is 2.43. The number of rotatable bonds is 1. The summed E-state index contributed by atoms with van der Waals surface area (Å²) in [6, 6.07) is 7.13. The van der Waals surface area contributed by atoms with Gasteiger partial charge in [0.2, 0.25) is 0 Å². The second-order valence-corrected chi connectivity index (χ2v) is 3.90. The van der Waals surface area contributed by atoms with Crippen molar-refractivity contribution in [1.29, 1.82) is 0 Å². The predicted octanol–water partition coefficient (Wildman–Crippen LogP) is 1.11. The Kier molecular flexibility index (Phi) is 2.67. The van der Waals surface area contributed by atoms with Gasteiger partial charge in [0, 0.05) is 12.6 Å². The molecule has 0 N–H and O–H groups in total. The highest BCUT2D eigenvalue weighted by Crippen LogP contribution is 2.18. The minimum Gasteiger partial charge on any atom is -0.272 e. The van der Waals surface area contributed by atoms with E-state index in [1.807, 2.05) is 0 Å². The SMILES string of the molecule is CC1C(=O)N(C)C(=O)N1C(=O)c1ccccc1. The molecule has 1 aromatic carbocycles. The third-order valence-corrected chi connectivity index (χ3v) is 2.81. The summed E-state index contributed by atoms with van der Waals surface area (Å²) in [6.07, 6.45) is 0. The Bertz CT molecular complexity index is 484. The maximum atomic E-state index is 12.1. The zero-order valence-corrected chi connectivity index (χ0v) is 9.58. The topological polar surface area (TPSA) is 57.7 Å². The molecule has 1 heterocycles. The average Bonchev–Trinajstić information content (AvgIpc) is 2.54. The Balaban J connectivity index is 2.33. The molecule has 2 rings (SSSR count). The Morgan fingerprint density at radius 1 is 1.18 bits per heavy atom. The molecular weight excluding hydrogens is 220 g/mol. The molecule has 0 bridgehead atoms. The monoisotopic (exact) mass is 232 g/mol. The summed E-state index contributed by atoms with van der Waals surface area (Å²) < 4.78 is 0. The van der Waals surface area contributed by atoms with Gasteiger partial charge in [0.05, 0.1) is 0 Å². The van der Waals surface area contributed by atoms with Crippen LogP contribution in [0.5, 0.6) is 0 Å². The van der Waals surface area contributed by atoms with Crippen LogP contribution in [0.15, 0.2) is 30.3 Å². The minimum absolute atomic E-state index is 0.362. The zero-order valence-electron chi connectivity index (χ0n) is 9.58. The molecule has 1 atom stereocenters. The number of imide groups is 2. The third-order valence-electron chi connectivity index (χ3n) is 2.81. The van der Waals surface area contributed by atoms with Gasteiger partial charge in [-0.2, -0.15) is 0 Å². The number of nitrogens with zero attached hydrogens (tertiary/aromatic N) is 2. The maximum Gasteiger partial charge on any atom is 0.334 e. The van der Waals surface area contributed by atoms with Crippen molar-refractivity contribution in [1.82, 2.24) is 9.80 Å². The molecule has 1 aliphatic heterocycles. The van der Waals surface area contributed by atoms with Gasteiger partial charge >= 0.3 is 6.03 Å². The average molecular weight is 232 g/mol. The summed E-state index contributed by atoms with van der Waals surface area (Å²) >= 11 is 0. The number of likely N-dealkylation sites (N-methyl/N-ethyl adjacent to an activating group) is 1. The lowest BCUT2D eigenvalue weighted by Crippen LogP contribution is -2.38. The van der Waals surface area contributed by atoms with Crippen molar-refractivity contribution in [2.24, 2.45) is 0 Å². The normalized spacial score (nSPS) is 20.0. The van der Waals surface area contributed by atoms with E-state index in [0.717, 1.165) is 9.80 Å². The number of urea groups is 1. The Morgan fingerprint density at radius 2 is 1.76 bits per heavy atom. The fourth-order valence-electron chi connectivity index (χ4n) is 1.79. The van der Waals surface area contributed by atoms with Gasteiger partial charge in [0.1, 0.15) is 6.04 Å². The molecule has 5 heteroatoms. The number of hydrogen-bond donors (Lipinski definition) is 0. The van der Waals surface area contributed by atoms with E-state index in [1.165, 1.54) is 7.05 Å². The molecule has 1 aromatic rings. The van der Waals surface area contributed by atoms with Gasteiger partial charge in [0.25, 0.3) is 11.8 Å². The van der Waals surface area contributed by atoms with Crippen LogP contribution in [0.2, 0.25) is 0 Å². The summed E-state index contributed by atoms with van der Waals surface area (Å²) in [5.74, 6) is -0.805. The first-order valence-corrected chi connectivity index (χ1v) is 5.24. The first-order valence-electron chi connectivity index (χ1n) is 5.24.